The van der Waals surface area contributed by atoms with Gasteiger partial charge in [-0.3, -0.25) is 4.79 Å². The summed E-state index contributed by atoms with van der Waals surface area (Å²) in [6.07, 6.45) is 1.01. The molecular formula is C10H18N2O2. The highest BCUT2D eigenvalue weighted by molar-refractivity contribution is 5.74. The molecule has 0 aromatic carbocycles. The van der Waals surface area contributed by atoms with Gasteiger partial charge >= 0.3 is 5.97 Å². The van der Waals surface area contributed by atoms with Crippen LogP contribution < -0.4 is 5.73 Å². The lowest BCUT2D eigenvalue weighted by Gasteiger charge is -2.19. The van der Waals surface area contributed by atoms with Crippen LogP contribution in [0, 0.1) is 17.8 Å². The lowest BCUT2D eigenvalue weighted by atomic mass is 10.2. The van der Waals surface area contributed by atoms with E-state index < -0.39 is 5.97 Å². The largest absolute Gasteiger partial charge is 0.481 e. The van der Waals surface area contributed by atoms with Crippen molar-refractivity contribution < 1.29 is 9.90 Å². The van der Waals surface area contributed by atoms with Gasteiger partial charge < -0.3 is 15.7 Å². The summed E-state index contributed by atoms with van der Waals surface area (Å²) < 4.78 is 0. The average molecular weight is 198 g/mol. The van der Waals surface area contributed by atoms with Gasteiger partial charge in [0.1, 0.15) is 0 Å². The van der Waals surface area contributed by atoms with Crippen LogP contribution in [0.4, 0.5) is 0 Å². The second-order valence-corrected chi connectivity index (χ2v) is 4.72. The van der Waals surface area contributed by atoms with Crippen LogP contribution in [0.1, 0.15) is 13.3 Å². The maximum atomic E-state index is 10.7. The zero-order chi connectivity index (χ0) is 10.3. The first-order chi connectivity index (χ1) is 6.59. The Kier molecular flexibility index (Phi) is 2.49. The summed E-state index contributed by atoms with van der Waals surface area (Å²) in [5.41, 5.74) is 5.67. The van der Waals surface area contributed by atoms with Gasteiger partial charge in [-0.05, 0) is 31.7 Å². The number of nitrogens with two attached hydrogens (primary N) is 1. The minimum absolute atomic E-state index is 0.0402. The number of nitrogens with zero attached hydrogens (tertiary/aromatic N) is 1. The second-order valence-electron chi connectivity index (χ2n) is 4.72. The minimum Gasteiger partial charge on any atom is -0.481 e. The number of rotatable bonds is 4. The quantitative estimate of drug-likeness (QED) is 0.666. The summed E-state index contributed by atoms with van der Waals surface area (Å²) in [6, 6.07) is 0.252. The molecule has 1 saturated carbocycles. The van der Waals surface area contributed by atoms with Crippen molar-refractivity contribution in [3.63, 3.8) is 0 Å². The summed E-state index contributed by atoms with van der Waals surface area (Å²) in [6.45, 7) is 4.97. The van der Waals surface area contributed by atoms with E-state index in [2.05, 4.69) is 4.90 Å². The number of hydrogen-bond acceptors (Lipinski definition) is 3. The molecule has 3 atom stereocenters. The topological polar surface area (TPSA) is 66.6 Å². The van der Waals surface area contributed by atoms with E-state index in [-0.39, 0.29) is 12.0 Å². The molecule has 80 valence electrons. The van der Waals surface area contributed by atoms with Crippen molar-refractivity contribution in [3.8, 4) is 0 Å². The second kappa shape index (κ2) is 3.51. The molecule has 4 nitrogen and oxygen atoms in total. The van der Waals surface area contributed by atoms with E-state index >= 15 is 0 Å². The molecule has 2 aliphatic rings. The maximum absolute atomic E-state index is 10.7. The first-order valence-corrected chi connectivity index (χ1v) is 5.30. The predicted molar refractivity (Wildman–Crippen MR) is 52.8 cm³/mol. The zero-order valence-electron chi connectivity index (χ0n) is 8.52. The Hall–Kier alpha value is -0.610. The number of piperidine rings is 1. The lowest BCUT2D eigenvalue weighted by Crippen LogP contribution is -2.30. The smallest absolute Gasteiger partial charge is 0.307 e. The van der Waals surface area contributed by atoms with Gasteiger partial charge in [0.2, 0.25) is 0 Å². The van der Waals surface area contributed by atoms with E-state index in [4.69, 9.17) is 10.8 Å². The van der Waals surface area contributed by atoms with Gasteiger partial charge in [0.15, 0.2) is 0 Å². The van der Waals surface area contributed by atoms with E-state index in [1.54, 1.807) is 0 Å². The Morgan fingerprint density at radius 3 is 2.57 bits per heavy atom. The Labute approximate surface area is 84.1 Å². The molecule has 0 aromatic heterocycles. The van der Waals surface area contributed by atoms with Crippen LogP contribution in [-0.2, 0) is 4.79 Å². The van der Waals surface area contributed by atoms with Crippen LogP contribution >= 0.6 is 0 Å². The normalized spacial score (nSPS) is 38.0. The zero-order valence-corrected chi connectivity index (χ0v) is 8.52. The summed E-state index contributed by atoms with van der Waals surface area (Å²) in [5, 5.41) is 8.82. The predicted octanol–water partition coefficient (Wildman–Crippen LogP) is -0.0139. The van der Waals surface area contributed by atoms with E-state index in [1.807, 2.05) is 6.92 Å². The van der Waals surface area contributed by atoms with Gasteiger partial charge in [-0.2, -0.15) is 0 Å². The fourth-order valence-corrected chi connectivity index (χ4v) is 2.55. The van der Waals surface area contributed by atoms with Gasteiger partial charge in [-0.1, -0.05) is 0 Å². The van der Waals surface area contributed by atoms with Crippen LogP contribution in [0.2, 0.25) is 0 Å². The van der Waals surface area contributed by atoms with Crippen molar-refractivity contribution in [1.29, 1.82) is 0 Å². The molecule has 0 amide bonds. The van der Waals surface area contributed by atoms with Crippen molar-refractivity contribution in [2.45, 2.75) is 19.4 Å². The van der Waals surface area contributed by atoms with Gasteiger partial charge in [0.25, 0.3) is 0 Å². The number of fused-ring (bicyclic) bond motifs is 1. The highest BCUT2D eigenvalue weighted by atomic mass is 16.4. The summed E-state index contributed by atoms with van der Waals surface area (Å²) in [4.78, 5) is 13.1. The van der Waals surface area contributed by atoms with Crippen molar-refractivity contribution in [2.24, 2.45) is 23.5 Å². The molecule has 1 saturated heterocycles. The molecule has 0 radical (unpaired) electrons. The summed E-state index contributed by atoms with van der Waals surface area (Å²) in [7, 11) is 0. The molecule has 1 heterocycles. The standard InChI is InChI=1S/C10H18N2O2/c1-6(11)2-3-12-4-7-8(5-12)9(7)10(13)14/h6-9H,2-5,11H2,1H3,(H,13,14). The third-order valence-corrected chi connectivity index (χ3v) is 3.46. The minimum atomic E-state index is -0.605. The molecule has 3 unspecified atom stereocenters. The fraction of sp³-hybridized carbons (Fsp3) is 0.900. The Morgan fingerprint density at radius 1 is 1.57 bits per heavy atom. The molecule has 3 N–H and O–H groups in total. The van der Waals surface area contributed by atoms with E-state index in [9.17, 15) is 4.79 Å². The first kappa shape index (κ1) is 9.93. The number of carboxylic acids is 1. The molecule has 2 rings (SSSR count). The number of carbonyl (C=O) groups is 1. The first-order valence-electron chi connectivity index (χ1n) is 5.30. The van der Waals surface area contributed by atoms with Crippen molar-refractivity contribution in [1.82, 2.24) is 4.90 Å². The molecule has 0 bridgehead atoms. The number of carboxylic acid groups (broad SMARTS) is 1. The van der Waals surface area contributed by atoms with Gasteiger partial charge in [-0.25, -0.2) is 0 Å². The summed E-state index contributed by atoms with van der Waals surface area (Å²) >= 11 is 0. The Bertz CT molecular complexity index is 230. The molecule has 14 heavy (non-hydrogen) atoms. The third-order valence-electron chi connectivity index (χ3n) is 3.46. The van der Waals surface area contributed by atoms with Crippen LogP contribution in [0.15, 0.2) is 0 Å². The van der Waals surface area contributed by atoms with E-state index in [0.717, 1.165) is 26.1 Å². The van der Waals surface area contributed by atoms with Crippen molar-refractivity contribution >= 4 is 5.97 Å². The van der Waals surface area contributed by atoms with E-state index in [1.165, 1.54) is 0 Å². The molecule has 4 heteroatoms. The molecular weight excluding hydrogens is 180 g/mol. The molecule has 1 aliphatic heterocycles. The highest BCUT2D eigenvalue weighted by Crippen LogP contribution is 2.51. The monoisotopic (exact) mass is 198 g/mol. The SMILES string of the molecule is CC(N)CCN1CC2C(C1)C2C(=O)O. The lowest BCUT2D eigenvalue weighted by molar-refractivity contribution is -0.139. The van der Waals surface area contributed by atoms with E-state index in [0.29, 0.717) is 11.8 Å². The average Bonchev–Trinajstić information content (AvgIpc) is 2.61. The van der Waals surface area contributed by atoms with Crippen molar-refractivity contribution in [2.75, 3.05) is 19.6 Å². The highest BCUT2D eigenvalue weighted by Gasteiger charge is 2.59. The summed E-state index contributed by atoms with van der Waals surface area (Å²) in [5.74, 6) is 0.217. The van der Waals surface area contributed by atoms with Crippen LogP contribution in [-0.4, -0.2) is 41.7 Å². The van der Waals surface area contributed by atoms with Gasteiger partial charge in [0.05, 0.1) is 5.92 Å². The van der Waals surface area contributed by atoms with Crippen LogP contribution in [0.5, 0.6) is 0 Å². The molecule has 0 aromatic rings. The van der Waals surface area contributed by atoms with Gasteiger partial charge in [0, 0.05) is 19.1 Å². The molecule has 1 aliphatic carbocycles. The number of likely N-dealkylation sites (tertiary alicyclic amines) is 1. The number of aliphatic carboxylic acids is 1. The Morgan fingerprint density at radius 2 is 2.14 bits per heavy atom. The van der Waals surface area contributed by atoms with Crippen molar-refractivity contribution in [3.05, 3.63) is 0 Å². The molecule has 2 fully saturated rings. The maximum Gasteiger partial charge on any atom is 0.307 e. The van der Waals surface area contributed by atoms with Crippen LogP contribution in [0.25, 0.3) is 0 Å². The third kappa shape index (κ3) is 1.77. The molecule has 0 spiro atoms. The fourth-order valence-electron chi connectivity index (χ4n) is 2.55. The number of hydrogen-bond donors (Lipinski definition) is 2. The Balaban J connectivity index is 1.71. The van der Waals surface area contributed by atoms with Gasteiger partial charge in [-0.15, -0.1) is 0 Å². The van der Waals surface area contributed by atoms with Crippen LogP contribution in [0.3, 0.4) is 0 Å².